The van der Waals surface area contributed by atoms with E-state index in [1.807, 2.05) is 0 Å². The minimum absolute atomic E-state index is 0.123. The highest BCUT2D eigenvalue weighted by atomic mass is 16.5. The Morgan fingerprint density at radius 2 is 2.38 bits per heavy atom. The summed E-state index contributed by atoms with van der Waals surface area (Å²) in [6, 6.07) is 0. The van der Waals surface area contributed by atoms with E-state index in [0.29, 0.717) is 12.2 Å². The van der Waals surface area contributed by atoms with Crippen LogP contribution in [0.15, 0.2) is 11.8 Å². The third kappa shape index (κ3) is 1.91. The van der Waals surface area contributed by atoms with Crippen molar-refractivity contribution in [2.24, 2.45) is 5.92 Å². The normalized spacial score (nSPS) is 24.5. The molecule has 1 fully saturated rings. The molecule has 0 radical (unpaired) electrons. The summed E-state index contributed by atoms with van der Waals surface area (Å²) in [7, 11) is 0. The maximum Gasteiger partial charge on any atom is 0.190 e. The SMILES string of the molecule is O=C(C1=COCCC1)C(O)C1CC1. The quantitative estimate of drug-likeness (QED) is 0.708. The standard InChI is InChI=1S/C10H14O3/c11-9(7-3-4-7)10(12)8-2-1-5-13-6-8/h6-7,9,11H,1-5H2. The summed E-state index contributed by atoms with van der Waals surface area (Å²) in [4.78, 5) is 11.6. The van der Waals surface area contributed by atoms with E-state index in [4.69, 9.17) is 4.74 Å². The van der Waals surface area contributed by atoms with Crippen LogP contribution in [0.3, 0.4) is 0 Å². The van der Waals surface area contributed by atoms with E-state index in [1.54, 1.807) is 0 Å². The van der Waals surface area contributed by atoms with Crippen molar-refractivity contribution in [3.05, 3.63) is 11.8 Å². The Balaban J connectivity index is 1.98. The molecule has 1 unspecified atom stereocenters. The molecule has 0 spiro atoms. The fourth-order valence-corrected chi connectivity index (χ4v) is 1.56. The zero-order chi connectivity index (χ0) is 9.26. The maximum atomic E-state index is 11.6. The van der Waals surface area contributed by atoms with Crippen LogP contribution >= 0.6 is 0 Å². The van der Waals surface area contributed by atoms with E-state index in [-0.39, 0.29) is 11.7 Å². The van der Waals surface area contributed by atoms with Crippen LogP contribution in [-0.4, -0.2) is 23.6 Å². The third-order valence-corrected chi connectivity index (χ3v) is 2.59. The van der Waals surface area contributed by atoms with Gasteiger partial charge in [0.05, 0.1) is 12.9 Å². The second-order valence-electron chi connectivity index (χ2n) is 3.76. The van der Waals surface area contributed by atoms with Gasteiger partial charge in [0.2, 0.25) is 0 Å². The lowest BCUT2D eigenvalue weighted by Crippen LogP contribution is -2.25. The molecule has 3 heteroatoms. The van der Waals surface area contributed by atoms with Crippen molar-refractivity contribution in [2.45, 2.75) is 31.8 Å². The molecule has 2 aliphatic rings. The third-order valence-electron chi connectivity index (χ3n) is 2.59. The largest absolute Gasteiger partial charge is 0.501 e. The summed E-state index contributed by atoms with van der Waals surface area (Å²) >= 11 is 0. The van der Waals surface area contributed by atoms with Crippen LogP contribution in [0.4, 0.5) is 0 Å². The minimum atomic E-state index is -0.770. The Morgan fingerprint density at radius 3 is 2.92 bits per heavy atom. The lowest BCUT2D eigenvalue weighted by molar-refractivity contribution is -0.124. The van der Waals surface area contributed by atoms with Gasteiger partial charge in [-0.3, -0.25) is 4.79 Å². The Hall–Kier alpha value is -0.830. The van der Waals surface area contributed by atoms with Crippen molar-refractivity contribution in [2.75, 3.05) is 6.61 Å². The molecule has 13 heavy (non-hydrogen) atoms. The smallest absolute Gasteiger partial charge is 0.190 e. The minimum Gasteiger partial charge on any atom is -0.501 e. The van der Waals surface area contributed by atoms with E-state index in [1.165, 1.54) is 6.26 Å². The fraction of sp³-hybridized carbons (Fsp3) is 0.700. The topological polar surface area (TPSA) is 46.5 Å². The summed E-state index contributed by atoms with van der Waals surface area (Å²) in [6.07, 6.45) is 4.35. The molecule has 2 rings (SSSR count). The maximum absolute atomic E-state index is 11.6. The molecular weight excluding hydrogens is 168 g/mol. The monoisotopic (exact) mass is 182 g/mol. The first-order valence-corrected chi connectivity index (χ1v) is 4.82. The number of ketones is 1. The molecule has 1 atom stereocenters. The first-order chi connectivity index (χ1) is 6.29. The van der Waals surface area contributed by atoms with Crippen molar-refractivity contribution < 1.29 is 14.6 Å². The average Bonchev–Trinajstić information content (AvgIpc) is 3.00. The number of hydrogen-bond acceptors (Lipinski definition) is 3. The molecule has 0 aromatic carbocycles. The van der Waals surface area contributed by atoms with E-state index >= 15 is 0 Å². The van der Waals surface area contributed by atoms with Gasteiger partial charge in [-0.25, -0.2) is 0 Å². The average molecular weight is 182 g/mol. The highest BCUT2D eigenvalue weighted by Gasteiger charge is 2.35. The van der Waals surface area contributed by atoms with E-state index < -0.39 is 6.10 Å². The Bertz CT molecular complexity index is 241. The fourth-order valence-electron chi connectivity index (χ4n) is 1.56. The summed E-state index contributed by atoms with van der Waals surface area (Å²) in [5.41, 5.74) is 0.658. The molecule has 0 aromatic heterocycles. The van der Waals surface area contributed by atoms with Crippen LogP contribution in [0.1, 0.15) is 25.7 Å². The first kappa shape index (κ1) is 8.75. The number of aliphatic hydroxyl groups excluding tert-OH is 1. The second-order valence-corrected chi connectivity index (χ2v) is 3.76. The van der Waals surface area contributed by atoms with Crippen LogP contribution in [0.25, 0.3) is 0 Å². The van der Waals surface area contributed by atoms with Crippen molar-refractivity contribution in [1.82, 2.24) is 0 Å². The summed E-state index contributed by atoms with van der Waals surface area (Å²) in [5.74, 6) is 0.0949. The van der Waals surface area contributed by atoms with E-state index in [9.17, 15) is 9.90 Å². The van der Waals surface area contributed by atoms with Gasteiger partial charge >= 0.3 is 0 Å². The van der Waals surface area contributed by atoms with Crippen LogP contribution in [0.2, 0.25) is 0 Å². The molecule has 72 valence electrons. The van der Waals surface area contributed by atoms with Crippen LogP contribution in [0, 0.1) is 5.92 Å². The number of carbonyl (C=O) groups is 1. The molecule has 0 aromatic rings. The highest BCUT2D eigenvalue weighted by molar-refractivity contribution is 5.98. The van der Waals surface area contributed by atoms with Crippen LogP contribution in [0.5, 0.6) is 0 Å². The molecule has 1 N–H and O–H groups in total. The summed E-state index contributed by atoms with van der Waals surface area (Å²) in [5, 5.41) is 9.56. The number of ether oxygens (including phenoxy) is 1. The molecule has 1 saturated carbocycles. The molecule has 0 amide bonds. The van der Waals surface area contributed by atoms with Crippen molar-refractivity contribution in [3.63, 3.8) is 0 Å². The van der Waals surface area contributed by atoms with Gasteiger partial charge in [0.1, 0.15) is 6.10 Å². The van der Waals surface area contributed by atoms with Gasteiger partial charge in [-0.15, -0.1) is 0 Å². The second kappa shape index (κ2) is 3.50. The molecule has 0 bridgehead atoms. The van der Waals surface area contributed by atoms with E-state index in [2.05, 4.69) is 0 Å². The number of carbonyl (C=O) groups excluding carboxylic acids is 1. The molecule has 0 saturated heterocycles. The lowest BCUT2D eigenvalue weighted by Gasteiger charge is -2.15. The summed E-state index contributed by atoms with van der Waals surface area (Å²) < 4.78 is 5.06. The number of aliphatic hydroxyl groups is 1. The zero-order valence-electron chi connectivity index (χ0n) is 7.53. The molecule has 1 heterocycles. The van der Waals surface area contributed by atoms with Crippen LogP contribution < -0.4 is 0 Å². The number of Topliss-reactive ketones (excluding diaryl/α,β-unsaturated/α-hetero) is 1. The zero-order valence-corrected chi connectivity index (χ0v) is 7.53. The van der Waals surface area contributed by atoms with Gasteiger partial charge in [0.15, 0.2) is 5.78 Å². The Morgan fingerprint density at radius 1 is 1.62 bits per heavy atom. The first-order valence-electron chi connectivity index (χ1n) is 4.82. The number of hydrogen-bond donors (Lipinski definition) is 1. The van der Waals surface area contributed by atoms with Gasteiger partial charge in [-0.2, -0.15) is 0 Å². The van der Waals surface area contributed by atoms with Gasteiger partial charge in [-0.1, -0.05) is 0 Å². The summed E-state index contributed by atoms with van der Waals surface area (Å²) in [6.45, 7) is 0.691. The van der Waals surface area contributed by atoms with Crippen LogP contribution in [-0.2, 0) is 9.53 Å². The van der Waals surface area contributed by atoms with Crippen molar-refractivity contribution in [3.8, 4) is 0 Å². The highest BCUT2D eigenvalue weighted by Crippen LogP contribution is 2.34. The predicted octanol–water partition coefficient (Wildman–Crippen LogP) is 1.02. The molecule has 3 nitrogen and oxygen atoms in total. The number of rotatable bonds is 3. The van der Waals surface area contributed by atoms with E-state index in [0.717, 1.165) is 25.7 Å². The molecule has 1 aliphatic heterocycles. The predicted molar refractivity (Wildman–Crippen MR) is 47.0 cm³/mol. The van der Waals surface area contributed by atoms with Crippen molar-refractivity contribution in [1.29, 1.82) is 0 Å². The van der Waals surface area contributed by atoms with Gasteiger partial charge < -0.3 is 9.84 Å². The Labute approximate surface area is 77.4 Å². The van der Waals surface area contributed by atoms with Crippen molar-refractivity contribution >= 4 is 5.78 Å². The lowest BCUT2D eigenvalue weighted by atomic mass is 9.99. The van der Waals surface area contributed by atoms with Gasteiger partial charge in [0.25, 0.3) is 0 Å². The molecule has 1 aliphatic carbocycles. The molecular formula is C10H14O3. The van der Waals surface area contributed by atoms with Gasteiger partial charge in [-0.05, 0) is 31.6 Å². The van der Waals surface area contributed by atoms with Gasteiger partial charge in [0, 0.05) is 5.57 Å². The Kier molecular flexibility index (Phi) is 2.36.